The van der Waals surface area contributed by atoms with Gasteiger partial charge in [-0.2, -0.15) is 0 Å². The van der Waals surface area contributed by atoms with Crippen molar-refractivity contribution in [3.05, 3.63) is 0 Å². The number of aliphatic hydroxyl groups is 4. The molecule has 0 amide bonds. The predicted molar refractivity (Wildman–Crippen MR) is 128 cm³/mol. The second kappa shape index (κ2) is 15.0. The van der Waals surface area contributed by atoms with Gasteiger partial charge in [-0.3, -0.25) is 23.4 Å². The molecule has 0 aliphatic carbocycles. The molecule has 4 N–H and O–H groups in total. The summed E-state index contributed by atoms with van der Waals surface area (Å²) < 4.78 is 25.5. The first kappa shape index (κ1) is 31.9. The molecule has 32 heavy (non-hydrogen) atoms. The van der Waals surface area contributed by atoms with Crippen LogP contribution in [-0.4, -0.2) is 92.3 Å². The van der Waals surface area contributed by atoms with Crippen LogP contribution in [0.3, 0.4) is 0 Å². The third-order valence-electron chi connectivity index (χ3n) is 5.85. The minimum atomic E-state index is -3.04. The van der Waals surface area contributed by atoms with Gasteiger partial charge in [0.25, 0.3) is 0 Å². The van der Waals surface area contributed by atoms with Crippen LogP contribution < -0.4 is 0 Å². The van der Waals surface area contributed by atoms with Crippen LogP contribution in [0.25, 0.3) is 0 Å². The van der Waals surface area contributed by atoms with Gasteiger partial charge in [0.15, 0.2) is 0 Å². The molecular weight excluding hydrogens is 435 g/mol. The standard InChI is InChI=1S/C22H49N2O7P/c1-9-21(10-2,23(13-17(5)25)14-18(6)26)30-32(29)31-22(11-3,12-4)24(15-19(7)27)16-20(8)28/h17-20,25-28,32H,9-16H2,1-8H3. The average molecular weight is 485 g/mol. The van der Waals surface area contributed by atoms with Crippen LogP contribution in [0.2, 0.25) is 0 Å². The largest absolute Gasteiger partial charge is 0.392 e. The van der Waals surface area contributed by atoms with Crippen molar-refractivity contribution >= 4 is 8.25 Å². The van der Waals surface area contributed by atoms with Crippen molar-refractivity contribution in [1.29, 1.82) is 0 Å². The quantitative estimate of drug-likeness (QED) is 0.172. The Hall–Kier alpha value is -0.0900. The smallest absolute Gasteiger partial charge is 0.322 e. The lowest BCUT2D eigenvalue weighted by Crippen LogP contribution is -2.55. The Balaban J connectivity index is 5.91. The second-order valence-corrected chi connectivity index (χ2v) is 9.88. The minimum Gasteiger partial charge on any atom is -0.392 e. The molecule has 0 saturated carbocycles. The monoisotopic (exact) mass is 484 g/mol. The summed E-state index contributed by atoms with van der Waals surface area (Å²) in [7, 11) is -3.04. The van der Waals surface area contributed by atoms with Crippen LogP contribution in [0.4, 0.5) is 0 Å². The Labute approximate surface area is 195 Å². The average Bonchev–Trinajstić information content (AvgIpc) is 2.68. The lowest BCUT2D eigenvalue weighted by Gasteiger charge is -2.46. The summed E-state index contributed by atoms with van der Waals surface area (Å²) >= 11 is 0. The number of hydrogen-bond acceptors (Lipinski definition) is 9. The van der Waals surface area contributed by atoms with E-state index in [1.54, 1.807) is 27.7 Å². The highest BCUT2D eigenvalue weighted by Gasteiger charge is 2.42. The maximum absolute atomic E-state index is 13.3. The van der Waals surface area contributed by atoms with Gasteiger partial charge in [-0.05, 0) is 53.4 Å². The molecule has 0 aromatic rings. The summed E-state index contributed by atoms with van der Waals surface area (Å²) in [5, 5.41) is 40.0. The molecule has 0 aromatic carbocycles. The molecular formula is C22H49N2O7P. The Morgan fingerprint density at radius 3 is 1.00 bits per heavy atom. The van der Waals surface area contributed by atoms with Crippen molar-refractivity contribution < 1.29 is 34.0 Å². The Bertz CT molecular complexity index is 460. The van der Waals surface area contributed by atoms with E-state index in [1.807, 2.05) is 37.5 Å². The number of nitrogens with zero attached hydrogens (tertiary/aromatic N) is 2. The van der Waals surface area contributed by atoms with Gasteiger partial charge in [0.05, 0.1) is 24.4 Å². The lowest BCUT2D eigenvalue weighted by atomic mass is 10.0. The summed E-state index contributed by atoms with van der Waals surface area (Å²) in [6.07, 6.45) is -0.685. The third-order valence-corrected chi connectivity index (χ3v) is 6.94. The molecule has 0 aliphatic rings. The highest BCUT2D eigenvalue weighted by molar-refractivity contribution is 7.33. The fraction of sp³-hybridized carbons (Fsp3) is 1.00. The number of hydrogen-bond donors (Lipinski definition) is 4. The molecule has 0 fully saturated rings. The van der Waals surface area contributed by atoms with Crippen LogP contribution >= 0.6 is 8.25 Å². The van der Waals surface area contributed by atoms with Gasteiger partial charge < -0.3 is 20.4 Å². The SMILES string of the molecule is CCC(CC)(O[PH](=O)OC(CC)(CC)N(CC(C)O)CC(C)O)N(CC(C)O)CC(C)O. The van der Waals surface area contributed by atoms with E-state index in [2.05, 4.69) is 0 Å². The molecule has 0 aromatic heterocycles. The molecule has 0 rings (SSSR count). The van der Waals surface area contributed by atoms with Crippen LogP contribution in [0.1, 0.15) is 81.1 Å². The van der Waals surface area contributed by atoms with Crippen molar-refractivity contribution in [2.75, 3.05) is 26.2 Å². The zero-order valence-electron chi connectivity index (χ0n) is 21.4. The van der Waals surface area contributed by atoms with Crippen molar-refractivity contribution in [3.63, 3.8) is 0 Å². The van der Waals surface area contributed by atoms with Gasteiger partial charge in [-0.15, -0.1) is 0 Å². The van der Waals surface area contributed by atoms with Crippen molar-refractivity contribution in [3.8, 4) is 0 Å². The summed E-state index contributed by atoms with van der Waals surface area (Å²) in [5.41, 5.74) is -1.95. The van der Waals surface area contributed by atoms with Gasteiger partial charge in [0.2, 0.25) is 0 Å². The first-order valence-corrected chi connectivity index (χ1v) is 13.2. The minimum absolute atomic E-state index is 0.255. The predicted octanol–water partition coefficient (Wildman–Crippen LogP) is 2.57. The Morgan fingerprint density at radius 2 is 0.844 bits per heavy atom. The molecule has 4 atom stereocenters. The van der Waals surface area contributed by atoms with E-state index in [9.17, 15) is 25.0 Å². The fourth-order valence-corrected chi connectivity index (χ4v) is 5.73. The summed E-state index contributed by atoms with van der Waals surface area (Å²) in [6.45, 7) is 15.3. The highest BCUT2D eigenvalue weighted by atomic mass is 31.1. The molecule has 0 spiro atoms. The van der Waals surface area contributed by atoms with E-state index in [-0.39, 0.29) is 26.2 Å². The maximum Gasteiger partial charge on any atom is 0.322 e. The van der Waals surface area contributed by atoms with E-state index in [0.29, 0.717) is 25.7 Å². The molecule has 0 radical (unpaired) electrons. The first-order chi connectivity index (χ1) is 14.8. The zero-order chi connectivity index (χ0) is 25.1. The zero-order valence-corrected chi connectivity index (χ0v) is 22.4. The van der Waals surface area contributed by atoms with Gasteiger partial charge in [0.1, 0.15) is 11.4 Å². The van der Waals surface area contributed by atoms with Gasteiger partial charge in [-0.25, -0.2) is 0 Å². The summed E-state index contributed by atoms with van der Waals surface area (Å²) in [5.74, 6) is 0. The van der Waals surface area contributed by atoms with E-state index in [0.717, 1.165) is 0 Å². The maximum atomic E-state index is 13.3. The van der Waals surface area contributed by atoms with Crippen LogP contribution in [0, 0.1) is 0 Å². The summed E-state index contributed by atoms with van der Waals surface area (Å²) in [4.78, 5) is 3.66. The number of rotatable bonds is 18. The molecule has 0 aliphatic heterocycles. The van der Waals surface area contributed by atoms with Gasteiger partial charge in [0, 0.05) is 26.2 Å². The summed E-state index contributed by atoms with van der Waals surface area (Å²) in [6, 6.07) is 0. The first-order valence-electron chi connectivity index (χ1n) is 12.0. The van der Waals surface area contributed by atoms with Gasteiger partial charge >= 0.3 is 8.25 Å². The molecule has 4 unspecified atom stereocenters. The van der Waals surface area contributed by atoms with Crippen molar-refractivity contribution in [2.24, 2.45) is 0 Å². The fourth-order valence-electron chi connectivity index (χ4n) is 4.23. The van der Waals surface area contributed by atoms with E-state index < -0.39 is 44.1 Å². The number of aliphatic hydroxyl groups excluding tert-OH is 4. The molecule has 0 bridgehead atoms. The third kappa shape index (κ3) is 10.0. The molecule has 10 heteroatoms. The van der Waals surface area contributed by atoms with Crippen molar-refractivity contribution in [2.45, 2.75) is 117 Å². The molecule has 0 heterocycles. The van der Waals surface area contributed by atoms with Crippen LogP contribution in [0.5, 0.6) is 0 Å². The van der Waals surface area contributed by atoms with Crippen molar-refractivity contribution in [1.82, 2.24) is 9.80 Å². The Kier molecular flexibility index (Phi) is 15.0. The van der Waals surface area contributed by atoms with Crippen LogP contribution in [-0.2, 0) is 13.6 Å². The topological polar surface area (TPSA) is 123 Å². The van der Waals surface area contributed by atoms with E-state index >= 15 is 0 Å². The van der Waals surface area contributed by atoms with Crippen LogP contribution in [0.15, 0.2) is 0 Å². The van der Waals surface area contributed by atoms with Gasteiger partial charge in [-0.1, -0.05) is 27.7 Å². The Morgan fingerprint density at radius 1 is 0.625 bits per heavy atom. The van der Waals surface area contributed by atoms with E-state index in [4.69, 9.17) is 9.05 Å². The molecule has 194 valence electrons. The second-order valence-electron chi connectivity index (χ2n) is 8.97. The highest BCUT2D eigenvalue weighted by Crippen LogP contribution is 2.44. The van der Waals surface area contributed by atoms with E-state index in [1.165, 1.54) is 0 Å². The molecule has 0 saturated heterocycles. The lowest BCUT2D eigenvalue weighted by molar-refractivity contribution is -0.147. The normalized spacial score (nSPS) is 18.1. The molecule has 9 nitrogen and oxygen atoms in total.